The summed E-state index contributed by atoms with van der Waals surface area (Å²) < 4.78 is 10.4. The fraction of sp³-hybridized carbons (Fsp3) is 0.400. The maximum Gasteiger partial charge on any atom is 0.231 e. The number of ether oxygens (including phenoxy) is 2. The van der Waals surface area contributed by atoms with E-state index in [0.717, 1.165) is 5.56 Å². The van der Waals surface area contributed by atoms with E-state index in [9.17, 15) is 0 Å². The number of benzene rings is 1. The number of rotatable bonds is 3. The molecule has 0 fully saturated rings. The molecule has 5 N–H and O–H groups in total. The van der Waals surface area contributed by atoms with Crippen molar-refractivity contribution in [2.75, 3.05) is 13.4 Å². The first-order valence-corrected chi connectivity index (χ1v) is 4.74. The minimum Gasteiger partial charge on any atom is -0.454 e. The zero-order chi connectivity index (χ0) is 10.8. The molecule has 1 heterocycles. The molecule has 0 aliphatic carbocycles. The van der Waals surface area contributed by atoms with Crippen LogP contribution in [0.15, 0.2) is 18.2 Å². The van der Waals surface area contributed by atoms with Crippen molar-refractivity contribution in [3.63, 3.8) is 0 Å². The second-order valence-corrected chi connectivity index (χ2v) is 3.48. The molecule has 0 spiro atoms. The van der Waals surface area contributed by atoms with E-state index in [-0.39, 0.29) is 13.4 Å². The van der Waals surface area contributed by atoms with Crippen molar-refractivity contribution in [3.8, 4) is 11.5 Å². The van der Waals surface area contributed by atoms with E-state index in [1.807, 2.05) is 6.07 Å². The smallest absolute Gasteiger partial charge is 0.231 e. The topological polar surface area (TPSA) is 90.7 Å². The Morgan fingerprint density at radius 2 is 2.00 bits per heavy atom. The number of hydrogen-bond donors (Lipinski definition) is 3. The Labute approximate surface area is 87.6 Å². The van der Waals surface area contributed by atoms with E-state index in [2.05, 4.69) is 0 Å². The van der Waals surface area contributed by atoms with Crippen molar-refractivity contribution in [1.82, 2.24) is 0 Å². The summed E-state index contributed by atoms with van der Waals surface area (Å²) >= 11 is 0. The number of aliphatic hydroxyl groups excluding tert-OH is 1. The maximum atomic E-state index is 8.90. The summed E-state index contributed by atoms with van der Waals surface area (Å²) in [5.74, 6) is 1.39. The average molecular weight is 210 g/mol. The predicted molar refractivity (Wildman–Crippen MR) is 54.6 cm³/mol. The van der Waals surface area contributed by atoms with Gasteiger partial charge in [-0.25, -0.2) is 0 Å². The normalized spacial score (nSPS) is 17.5. The Morgan fingerprint density at radius 1 is 1.27 bits per heavy atom. The minimum absolute atomic E-state index is 0.143. The first-order chi connectivity index (χ1) is 7.22. The van der Waals surface area contributed by atoms with Crippen LogP contribution < -0.4 is 20.9 Å². The number of nitrogens with two attached hydrogens (primary N) is 2. The van der Waals surface area contributed by atoms with Crippen LogP contribution in [0, 0.1) is 0 Å². The molecule has 5 nitrogen and oxygen atoms in total. The van der Waals surface area contributed by atoms with Crippen LogP contribution in [0.5, 0.6) is 11.5 Å². The molecule has 0 saturated heterocycles. The standard InChI is InChI=1S/C10H14N2O3/c11-7(4-13)10(12)6-1-2-8-9(3-6)15-5-14-8/h1-3,7,10,13H,4-5,11-12H2. The van der Waals surface area contributed by atoms with Crippen molar-refractivity contribution in [2.45, 2.75) is 12.1 Å². The lowest BCUT2D eigenvalue weighted by molar-refractivity contribution is 0.174. The Hall–Kier alpha value is -1.30. The van der Waals surface area contributed by atoms with E-state index >= 15 is 0 Å². The van der Waals surface area contributed by atoms with Crippen molar-refractivity contribution < 1.29 is 14.6 Å². The highest BCUT2D eigenvalue weighted by Gasteiger charge is 2.19. The van der Waals surface area contributed by atoms with Crippen molar-refractivity contribution in [1.29, 1.82) is 0 Å². The minimum atomic E-state index is -0.467. The van der Waals surface area contributed by atoms with E-state index < -0.39 is 12.1 Å². The molecular weight excluding hydrogens is 196 g/mol. The first-order valence-electron chi connectivity index (χ1n) is 4.74. The average Bonchev–Trinajstić information content (AvgIpc) is 2.73. The van der Waals surface area contributed by atoms with Crippen molar-refractivity contribution in [3.05, 3.63) is 23.8 Å². The third-order valence-corrected chi connectivity index (χ3v) is 2.45. The summed E-state index contributed by atoms with van der Waals surface area (Å²) in [4.78, 5) is 0. The van der Waals surface area contributed by atoms with Crippen LogP contribution in [-0.2, 0) is 0 Å². The molecule has 1 aromatic carbocycles. The van der Waals surface area contributed by atoms with Crippen LogP contribution in [0.1, 0.15) is 11.6 Å². The number of hydrogen-bond acceptors (Lipinski definition) is 5. The molecule has 0 aromatic heterocycles. The second kappa shape index (κ2) is 4.06. The molecule has 0 radical (unpaired) electrons. The molecule has 2 unspecified atom stereocenters. The van der Waals surface area contributed by atoms with E-state index in [0.29, 0.717) is 11.5 Å². The Bertz CT molecular complexity index is 357. The van der Waals surface area contributed by atoms with E-state index in [4.69, 9.17) is 26.0 Å². The van der Waals surface area contributed by atoms with Gasteiger partial charge in [0.1, 0.15) is 0 Å². The van der Waals surface area contributed by atoms with Gasteiger partial charge in [-0.3, -0.25) is 0 Å². The number of aliphatic hydroxyl groups is 1. The molecule has 1 aliphatic rings. The molecule has 0 bridgehead atoms. The Kier molecular flexibility index (Phi) is 2.77. The van der Waals surface area contributed by atoms with Gasteiger partial charge in [0.25, 0.3) is 0 Å². The van der Waals surface area contributed by atoms with Crippen LogP contribution in [0.2, 0.25) is 0 Å². The van der Waals surface area contributed by atoms with Gasteiger partial charge in [-0.05, 0) is 17.7 Å². The molecule has 1 aliphatic heterocycles. The zero-order valence-corrected chi connectivity index (χ0v) is 8.22. The van der Waals surface area contributed by atoms with Crippen molar-refractivity contribution in [2.24, 2.45) is 11.5 Å². The lowest BCUT2D eigenvalue weighted by Gasteiger charge is -2.18. The van der Waals surface area contributed by atoms with Crippen molar-refractivity contribution >= 4 is 0 Å². The van der Waals surface area contributed by atoms with E-state index in [1.165, 1.54) is 0 Å². The third kappa shape index (κ3) is 1.90. The van der Waals surface area contributed by atoms with Gasteiger partial charge >= 0.3 is 0 Å². The Balaban J connectivity index is 2.22. The fourth-order valence-corrected chi connectivity index (χ4v) is 1.48. The van der Waals surface area contributed by atoms with Crippen LogP contribution in [0.4, 0.5) is 0 Å². The lowest BCUT2D eigenvalue weighted by Crippen LogP contribution is -2.37. The maximum absolute atomic E-state index is 8.90. The highest BCUT2D eigenvalue weighted by atomic mass is 16.7. The SMILES string of the molecule is NC(CO)C(N)c1ccc2c(c1)OCO2. The Morgan fingerprint density at radius 3 is 2.73 bits per heavy atom. The van der Waals surface area contributed by atoms with Gasteiger partial charge in [0.05, 0.1) is 6.61 Å². The summed E-state index contributed by atoms with van der Waals surface area (Å²) in [5.41, 5.74) is 12.3. The van der Waals surface area contributed by atoms with Gasteiger partial charge in [-0.2, -0.15) is 0 Å². The van der Waals surface area contributed by atoms with Crippen LogP contribution >= 0.6 is 0 Å². The van der Waals surface area contributed by atoms with Gasteiger partial charge in [-0.15, -0.1) is 0 Å². The van der Waals surface area contributed by atoms with Gasteiger partial charge in [0, 0.05) is 12.1 Å². The van der Waals surface area contributed by atoms with Gasteiger partial charge in [0.15, 0.2) is 11.5 Å². The second-order valence-electron chi connectivity index (χ2n) is 3.48. The largest absolute Gasteiger partial charge is 0.454 e. The molecule has 5 heteroatoms. The summed E-state index contributed by atoms with van der Waals surface area (Å²) in [5, 5.41) is 8.90. The molecule has 2 atom stereocenters. The summed E-state index contributed by atoms with van der Waals surface area (Å²) in [6, 6.07) is 4.55. The van der Waals surface area contributed by atoms with Crippen LogP contribution in [-0.4, -0.2) is 24.5 Å². The van der Waals surface area contributed by atoms with Gasteiger partial charge in [0.2, 0.25) is 6.79 Å². The fourth-order valence-electron chi connectivity index (χ4n) is 1.48. The quantitative estimate of drug-likeness (QED) is 0.639. The molecule has 15 heavy (non-hydrogen) atoms. The third-order valence-electron chi connectivity index (χ3n) is 2.45. The highest BCUT2D eigenvalue weighted by molar-refractivity contribution is 5.45. The van der Waals surface area contributed by atoms with Gasteiger partial charge < -0.3 is 26.0 Å². The first kappa shape index (κ1) is 10.2. The summed E-state index contributed by atoms with van der Waals surface area (Å²) in [7, 11) is 0. The van der Waals surface area contributed by atoms with Crippen LogP contribution in [0.3, 0.4) is 0 Å². The number of fused-ring (bicyclic) bond motifs is 1. The molecule has 1 aromatic rings. The van der Waals surface area contributed by atoms with Crippen LogP contribution in [0.25, 0.3) is 0 Å². The highest BCUT2D eigenvalue weighted by Crippen LogP contribution is 2.34. The summed E-state index contributed by atoms with van der Waals surface area (Å²) in [6.45, 7) is 0.0929. The molecular formula is C10H14N2O3. The molecule has 2 rings (SSSR count). The predicted octanol–water partition coefficient (Wildman–Crippen LogP) is -0.265. The zero-order valence-electron chi connectivity index (χ0n) is 8.22. The lowest BCUT2D eigenvalue weighted by atomic mass is 10.0. The summed E-state index contributed by atoms with van der Waals surface area (Å²) in [6.07, 6.45) is 0. The molecule has 0 amide bonds. The van der Waals surface area contributed by atoms with E-state index in [1.54, 1.807) is 12.1 Å². The molecule has 0 saturated carbocycles. The van der Waals surface area contributed by atoms with Gasteiger partial charge in [-0.1, -0.05) is 6.07 Å². The monoisotopic (exact) mass is 210 g/mol. The molecule has 82 valence electrons.